The van der Waals surface area contributed by atoms with Crippen molar-refractivity contribution in [2.45, 2.75) is 26.3 Å². The van der Waals surface area contributed by atoms with Crippen molar-refractivity contribution < 1.29 is 0 Å². The van der Waals surface area contributed by atoms with E-state index in [9.17, 15) is 0 Å². The van der Waals surface area contributed by atoms with Crippen molar-refractivity contribution in [3.8, 4) is 0 Å². The van der Waals surface area contributed by atoms with Gasteiger partial charge in [-0.3, -0.25) is 0 Å². The molecule has 0 saturated heterocycles. The van der Waals surface area contributed by atoms with E-state index >= 15 is 0 Å². The van der Waals surface area contributed by atoms with E-state index < -0.39 is 0 Å². The zero-order chi connectivity index (χ0) is 12.3. The van der Waals surface area contributed by atoms with Crippen molar-refractivity contribution in [2.75, 3.05) is 5.73 Å². The molecule has 0 aliphatic carbocycles. The van der Waals surface area contributed by atoms with Crippen LogP contribution in [-0.2, 0) is 0 Å². The molecular weight excluding hydrogens is 210 g/mol. The molecule has 3 heteroatoms. The van der Waals surface area contributed by atoms with E-state index in [1.807, 2.05) is 16.8 Å². The van der Waals surface area contributed by atoms with Gasteiger partial charge in [0.2, 0.25) is 0 Å². The summed E-state index contributed by atoms with van der Waals surface area (Å²) in [5.41, 5.74) is 7.22. The highest BCUT2D eigenvalue weighted by atomic mass is 15.3. The number of rotatable bonds is 4. The minimum Gasteiger partial charge on any atom is -0.384 e. The first-order chi connectivity index (χ1) is 8.18. The molecule has 0 aliphatic heterocycles. The average molecular weight is 229 g/mol. The Morgan fingerprint density at radius 2 is 1.88 bits per heavy atom. The highest BCUT2D eigenvalue weighted by molar-refractivity contribution is 5.30. The molecule has 90 valence electrons. The maximum Gasteiger partial charge on any atom is 0.122 e. The van der Waals surface area contributed by atoms with Crippen LogP contribution in [0.3, 0.4) is 0 Å². The molecule has 1 aromatic carbocycles. The van der Waals surface area contributed by atoms with Crippen molar-refractivity contribution in [3.05, 3.63) is 48.2 Å². The Hall–Kier alpha value is -1.77. The Morgan fingerprint density at radius 3 is 2.41 bits per heavy atom. The van der Waals surface area contributed by atoms with Gasteiger partial charge in [0.05, 0.1) is 12.2 Å². The maximum atomic E-state index is 5.95. The van der Waals surface area contributed by atoms with Gasteiger partial charge in [0.25, 0.3) is 0 Å². The molecule has 2 N–H and O–H groups in total. The Morgan fingerprint density at radius 1 is 1.18 bits per heavy atom. The lowest BCUT2D eigenvalue weighted by Crippen LogP contribution is -2.16. The SMILES string of the molecule is CC(C)CC(c1ccccc1)n1nccc1N. The molecule has 0 fully saturated rings. The molecule has 17 heavy (non-hydrogen) atoms. The van der Waals surface area contributed by atoms with Crippen LogP contribution >= 0.6 is 0 Å². The zero-order valence-corrected chi connectivity index (χ0v) is 10.4. The molecule has 2 rings (SSSR count). The first-order valence-electron chi connectivity index (χ1n) is 6.02. The third kappa shape index (κ3) is 2.67. The van der Waals surface area contributed by atoms with Gasteiger partial charge in [-0.1, -0.05) is 44.2 Å². The summed E-state index contributed by atoms with van der Waals surface area (Å²) in [6.45, 7) is 4.44. The summed E-state index contributed by atoms with van der Waals surface area (Å²) in [6, 6.07) is 12.5. The summed E-state index contributed by atoms with van der Waals surface area (Å²) in [7, 11) is 0. The van der Waals surface area contributed by atoms with Crippen molar-refractivity contribution in [1.29, 1.82) is 0 Å². The number of hydrogen-bond acceptors (Lipinski definition) is 2. The van der Waals surface area contributed by atoms with Gasteiger partial charge < -0.3 is 5.73 Å². The fourth-order valence-electron chi connectivity index (χ4n) is 2.08. The quantitative estimate of drug-likeness (QED) is 0.875. The highest BCUT2D eigenvalue weighted by Gasteiger charge is 2.17. The number of nitrogens with two attached hydrogens (primary N) is 1. The van der Waals surface area contributed by atoms with Gasteiger partial charge in [0.1, 0.15) is 5.82 Å². The first-order valence-corrected chi connectivity index (χ1v) is 6.02. The predicted octanol–water partition coefficient (Wildman–Crippen LogP) is 3.10. The third-order valence-corrected chi connectivity index (χ3v) is 2.88. The summed E-state index contributed by atoms with van der Waals surface area (Å²) >= 11 is 0. The van der Waals surface area contributed by atoms with Gasteiger partial charge in [-0.25, -0.2) is 4.68 Å². The minimum atomic E-state index is 0.228. The van der Waals surface area contributed by atoms with E-state index in [2.05, 4.69) is 43.2 Å². The second kappa shape index (κ2) is 5.04. The number of anilines is 1. The fraction of sp³-hybridized carbons (Fsp3) is 0.357. The van der Waals surface area contributed by atoms with Crippen LogP contribution in [0.4, 0.5) is 5.82 Å². The van der Waals surface area contributed by atoms with Crippen molar-refractivity contribution in [3.63, 3.8) is 0 Å². The van der Waals surface area contributed by atoms with Gasteiger partial charge in [-0.2, -0.15) is 5.10 Å². The molecule has 0 bridgehead atoms. The molecular formula is C14H19N3. The molecule has 1 unspecified atom stereocenters. The zero-order valence-electron chi connectivity index (χ0n) is 10.4. The van der Waals surface area contributed by atoms with Crippen LogP contribution in [0.5, 0.6) is 0 Å². The highest BCUT2D eigenvalue weighted by Crippen LogP contribution is 2.26. The van der Waals surface area contributed by atoms with E-state index in [0.717, 1.165) is 12.2 Å². The third-order valence-electron chi connectivity index (χ3n) is 2.88. The molecule has 2 aromatic rings. The first kappa shape index (κ1) is 11.7. The van der Waals surface area contributed by atoms with Gasteiger partial charge in [0, 0.05) is 0 Å². The van der Waals surface area contributed by atoms with Gasteiger partial charge in [0.15, 0.2) is 0 Å². The van der Waals surface area contributed by atoms with Gasteiger partial charge in [-0.05, 0) is 24.0 Å². The number of aromatic nitrogens is 2. The van der Waals surface area contributed by atoms with E-state index in [4.69, 9.17) is 5.73 Å². The van der Waals surface area contributed by atoms with Gasteiger partial charge >= 0.3 is 0 Å². The molecule has 1 aromatic heterocycles. The maximum absolute atomic E-state index is 5.95. The van der Waals surface area contributed by atoms with Crippen LogP contribution in [0.15, 0.2) is 42.6 Å². The lowest BCUT2D eigenvalue weighted by Gasteiger charge is -2.21. The Labute approximate surface area is 102 Å². The van der Waals surface area contributed by atoms with Crippen molar-refractivity contribution in [2.24, 2.45) is 5.92 Å². The summed E-state index contributed by atoms with van der Waals surface area (Å²) in [6.07, 6.45) is 2.79. The Bertz CT molecular complexity index is 459. The fourth-order valence-corrected chi connectivity index (χ4v) is 2.08. The summed E-state index contributed by atoms with van der Waals surface area (Å²) < 4.78 is 1.91. The molecule has 0 spiro atoms. The second-order valence-electron chi connectivity index (χ2n) is 4.76. The molecule has 3 nitrogen and oxygen atoms in total. The van der Waals surface area contributed by atoms with E-state index in [-0.39, 0.29) is 6.04 Å². The molecule has 1 heterocycles. The summed E-state index contributed by atoms with van der Waals surface area (Å²) in [5.74, 6) is 1.32. The number of nitrogens with zero attached hydrogens (tertiary/aromatic N) is 2. The van der Waals surface area contributed by atoms with E-state index in [0.29, 0.717) is 5.92 Å². The van der Waals surface area contributed by atoms with Crippen LogP contribution in [0.25, 0.3) is 0 Å². The standard InChI is InChI=1S/C14H19N3/c1-11(2)10-13(12-6-4-3-5-7-12)17-14(15)8-9-16-17/h3-9,11,13H,10,15H2,1-2H3. The molecule has 0 saturated carbocycles. The Balaban J connectivity index is 2.36. The number of benzene rings is 1. The molecule has 0 radical (unpaired) electrons. The summed E-state index contributed by atoms with van der Waals surface area (Å²) in [4.78, 5) is 0. The van der Waals surface area contributed by atoms with E-state index in [1.54, 1.807) is 6.20 Å². The van der Waals surface area contributed by atoms with Crippen LogP contribution < -0.4 is 5.73 Å². The lowest BCUT2D eigenvalue weighted by atomic mass is 9.97. The van der Waals surface area contributed by atoms with Crippen LogP contribution in [0.1, 0.15) is 31.9 Å². The molecule has 1 atom stereocenters. The normalized spacial score (nSPS) is 12.9. The predicted molar refractivity (Wildman–Crippen MR) is 70.7 cm³/mol. The number of hydrogen-bond donors (Lipinski definition) is 1. The molecule has 0 amide bonds. The van der Waals surface area contributed by atoms with Crippen LogP contribution in [0, 0.1) is 5.92 Å². The van der Waals surface area contributed by atoms with Crippen molar-refractivity contribution >= 4 is 5.82 Å². The average Bonchev–Trinajstić information content (AvgIpc) is 2.73. The lowest BCUT2D eigenvalue weighted by molar-refractivity contribution is 0.426. The topological polar surface area (TPSA) is 43.8 Å². The largest absolute Gasteiger partial charge is 0.384 e. The minimum absolute atomic E-state index is 0.228. The monoisotopic (exact) mass is 229 g/mol. The Kier molecular flexibility index (Phi) is 3.47. The van der Waals surface area contributed by atoms with Crippen LogP contribution in [0.2, 0.25) is 0 Å². The smallest absolute Gasteiger partial charge is 0.122 e. The number of nitrogen functional groups attached to an aromatic ring is 1. The van der Waals surface area contributed by atoms with E-state index in [1.165, 1.54) is 5.56 Å². The van der Waals surface area contributed by atoms with Crippen LogP contribution in [-0.4, -0.2) is 9.78 Å². The van der Waals surface area contributed by atoms with Crippen molar-refractivity contribution in [1.82, 2.24) is 9.78 Å². The summed E-state index contributed by atoms with van der Waals surface area (Å²) in [5, 5.41) is 4.34. The van der Waals surface area contributed by atoms with Gasteiger partial charge in [-0.15, -0.1) is 0 Å². The second-order valence-corrected chi connectivity index (χ2v) is 4.76. The molecule has 0 aliphatic rings.